The molecule has 0 N–H and O–H groups in total. The van der Waals surface area contributed by atoms with Gasteiger partial charge in [-0.2, -0.15) is 4.98 Å². The summed E-state index contributed by atoms with van der Waals surface area (Å²) in [6.07, 6.45) is 4.79. The topological polar surface area (TPSA) is 70.5 Å². The Hall–Kier alpha value is -1.69. The maximum Gasteiger partial charge on any atom is 0.246 e. The molecule has 1 aromatic rings. The number of hydrogen-bond donors (Lipinski definition) is 0. The SMILES string of the molecule is COc1cnc(C(=O)CC2CCCCO2)c(OC)n1. The molecule has 0 saturated carbocycles. The van der Waals surface area contributed by atoms with E-state index in [-0.39, 0.29) is 23.5 Å². The molecule has 0 bridgehead atoms. The van der Waals surface area contributed by atoms with E-state index in [2.05, 4.69) is 9.97 Å². The highest BCUT2D eigenvalue weighted by atomic mass is 16.5. The number of rotatable bonds is 5. The normalized spacial score (nSPS) is 18.9. The van der Waals surface area contributed by atoms with Gasteiger partial charge in [0.25, 0.3) is 0 Å². The molecule has 1 aromatic heterocycles. The van der Waals surface area contributed by atoms with E-state index < -0.39 is 0 Å². The maximum absolute atomic E-state index is 12.2. The van der Waals surface area contributed by atoms with Crippen LogP contribution in [0.4, 0.5) is 0 Å². The molecule has 0 aliphatic carbocycles. The second-order valence-corrected chi connectivity index (χ2v) is 4.39. The van der Waals surface area contributed by atoms with Crippen LogP contribution in [0.15, 0.2) is 6.20 Å². The monoisotopic (exact) mass is 266 g/mol. The summed E-state index contributed by atoms with van der Waals surface area (Å²) in [7, 11) is 2.94. The lowest BCUT2D eigenvalue weighted by atomic mass is 10.0. The van der Waals surface area contributed by atoms with Gasteiger partial charge in [0.1, 0.15) is 0 Å². The Balaban J connectivity index is 2.09. The lowest BCUT2D eigenvalue weighted by Gasteiger charge is -2.21. The van der Waals surface area contributed by atoms with E-state index >= 15 is 0 Å². The van der Waals surface area contributed by atoms with Crippen molar-refractivity contribution in [1.29, 1.82) is 0 Å². The van der Waals surface area contributed by atoms with Gasteiger partial charge in [-0.1, -0.05) is 0 Å². The average molecular weight is 266 g/mol. The van der Waals surface area contributed by atoms with E-state index in [0.29, 0.717) is 12.3 Å². The third-order valence-corrected chi connectivity index (χ3v) is 3.07. The van der Waals surface area contributed by atoms with Gasteiger partial charge in [0.15, 0.2) is 11.5 Å². The molecule has 19 heavy (non-hydrogen) atoms. The number of carbonyl (C=O) groups is 1. The van der Waals surface area contributed by atoms with Crippen LogP contribution >= 0.6 is 0 Å². The highest BCUT2D eigenvalue weighted by Gasteiger charge is 2.23. The minimum absolute atomic E-state index is 0.0187. The van der Waals surface area contributed by atoms with Crippen molar-refractivity contribution >= 4 is 5.78 Å². The molecule has 1 aliphatic heterocycles. The average Bonchev–Trinajstić information content (AvgIpc) is 2.47. The molecular weight excluding hydrogens is 248 g/mol. The van der Waals surface area contributed by atoms with Gasteiger partial charge in [-0.3, -0.25) is 4.79 Å². The lowest BCUT2D eigenvalue weighted by molar-refractivity contribution is 0.0127. The quantitative estimate of drug-likeness (QED) is 0.754. The van der Waals surface area contributed by atoms with Gasteiger partial charge in [-0.05, 0) is 19.3 Å². The van der Waals surface area contributed by atoms with E-state index in [9.17, 15) is 4.79 Å². The van der Waals surface area contributed by atoms with Crippen LogP contribution < -0.4 is 9.47 Å². The molecule has 2 heterocycles. The second-order valence-electron chi connectivity index (χ2n) is 4.39. The predicted molar refractivity (Wildman–Crippen MR) is 67.7 cm³/mol. The van der Waals surface area contributed by atoms with Gasteiger partial charge < -0.3 is 14.2 Å². The van der Waals surface area contributed by atoms with E-state index in [0.717, 1.165) is 25.9 Å². The molecule has 1 atom stereocenters. The van der Waals surface area contributed by atoms with Gasteiger partial charge in [0, 0.05) is 13.0 Å². The summed E-state index contributed by atoms with van der Waals surface area (Å²) in [5.74, 6) is 0.404. The lowest BCUT2D eigenvalue weighted by Crippen LogP contribution is -2.23. The number of carbonyl (C=O) groups excluding carboxylic acids is 1. The molecule has 0 spiro atoms. The van der Waals surface area contributed by atoms with Crippen molar-refractivity contribution in [3.63, 3.8) is 0 Å². The fourth-order valence-electron chi connectivity index (χ4n) is 2.06. The first-order chi connectivity index (χ1) is 9.24. The van der Waals surface area contributed by atoms with Crippen LogP contribution in [-0.2, 0) is 4.74 Å². The van der Waals surface area contributed by atoms with Gasteiger partial charge >= 0.3 is 0 Å². The third kappa shape index (κ3) is 3.41. The summed E-state index contributed by atoms with van der Waals surface area (Å²) in [6.45, 7) is 0.726. The molecule has 1 fully saturated rings. The number of methoxy groups -OCH3 is 2. The Bertz CT molecular complexity index is 444. The van der Waals surface area contributed by atoms with Gasteiger partial charge in [0.2, 0.25) is 11.8 Å². The van der Waals surface area contributed by atoms with E-state index in [1.807, 2.05) is 0 Å². The Morgan fingerprint density at radius 3 is 2.89 bits per heavy atom. The second kappa shape index (κ2) is 6.47. The largest absolute Gasteiger partial charge is 0.480 e. The number of nitrogens with zero attached hydrogens (tertiary/aromatic N) is 2. The summed E-state index contributed by atoms with van der Waals surface area (Å²) in [5.41, 5.74) is 0.234. The Morgan fingerprint density at radius 1 is 1.42 bits per heavy atom. The fraction of sp³-hybridized carbons (Fsp3) is 0.615. The fourth-order valence-corrected chi connectivity index (χ4v) is 2.06. The standard InChI is InChI=1S/C13H18N2O4/c1-17-11-8-14-12(13(15-11)18-2)10(16)7-9-5-3-4-6-19-9/h8-9H,3-7H2,1-2H3. The molecule has 0 radical (unpaired) electrons. The molecule has 1 saturated heterocycles. The predicted octanol–water partition coefficient (Wildman–Crippen LogP) is 1.64. The molecule has 6 nitrogen and oxygen atoms in total. The molecule has 1 aliphatic rings. The summed E-state index contributed by atoms with van der Waals surface area (Å²) in [4.78, 5) is 20.3. The smallest absolute Gasteiger partial charge is 0.246 e. The van der Waals surface area contributed by atoms with Crippen LogP contribution in [0.3, 0.4) is 0 Å². The van der Waals surface area contributed by atoms with Crippen molar-refractivity contribution in [2.45, 2.75) is 31.8 Å². The molecule has 0 amide bonds. The molecule has 1 unspecified atom stereocenters. The van der Waals surface area contributed by atoms with Crippen LogP contribution in [0, 0.1) is 0 Å². The Labute approximate surface area is 112 Å². The van der Waals surface area contributed by atoms with Crippen LogP contribution in [0.2, 0.25) is 0 Å². The highest BCUT2D eigenvalue weighted by molar-refractivity contribution is 5.96. The van der Waals surface area contributed by atoms with Crippen molar-refractivity contribution in [3.8, 4) is 11.8 Å². The van der Waals surface area contributed by atoms with Crippen LogP contribution in [0.1, 0.15) is 36.2 Å². The van der Waals surface area contributed by atoms with Crippen LogP contribution in [0.25, 0.3) is 0 Å². The number of Topliss-reactive ketones (excluding diaryl/α,β-unsaturated/α-hetero) is 1. The molecular formula is C13H18N2O4. The highest BCUT2D eigenvalue weighted by Crippen LogP contribution is 2.22. The van der Waals surface area contributed by atoms with Crippen molar-refractivity contribution in [3.05, 3.63) is 11.9 Å². The maximum atomic E-state index is 12.2. The van der Waals surface area contributed by atoms with Crippen LogP contribution in [0.5, 0.6) is 11.8 Å². The number of ether oxygens (including phenoxy) is 3. The van der Waals surface area contributed by atoms with Crippen molar-refractivity contribution < 1.29 is 19.0 Å². The summed E-state index contributed by atoms with van der Waals surface area (Å²) in [5, 5.41) is 0. The van der Waals surface area contributed by atoms with Crippen LogP contribution in [-0.4, -0.2) is 42.7 Å². The number of hydrogen-bond acceptors (Lipinski definition) is 6. The van der Waals surface area contributed by atoms with Crippen molar-refractivity contribution in [1.82, 2.24) is 9.97 Å². The Morgan fingerprint density at radius 2 is 2.26 bits per heavy atom. The summed E-state index contributed by atoms with van der Waals surface area (Å²) < 4.78 is 15.6. The molecule has 2 rings (SSSR count). The van der Waals surface area contributed by atoms with Crippen molar-refractivity contribution in [2.24, 2.45) is 0 Å². The number of ketones is 1. The van der Waals surface area contributed by atoms with Gasteiger partial charge in [0.05, 0.1) is 26.5 Å². The zero-order chi connectivity index (χ0) is 13.7. The number of aromatic nitrogens is 2. The molecule has 104 valence electrons. The van der Waals surface area contributed by atoms with Gasteiger partial charge in [-0.15, -0.1) is 0 Å². The summed E-state index contributed by atoms with van der Waals surface area (Å²) in [6, 6.07) is 0. The summed E-state index contributed by atoms with van der Waals surface area (Å²) >= 11 is 0. The zero-order valence-electron chi connectivity index (χ0n) is 11.2. The minimum atomic E-state index is -0.112. The first-order valence-corrected chi connectivity index (χ1v) is 6.34. The molecule has 0 aromatic carbocycles. The first kappa shape index (κ1) is 13.7. The van der Waals surface area contributed by atoms with E-state index in [4.69, 9.17) is 14.2 Å². The zero-order valence-corrected chi connectivity index (χ0v) is 11.2. The first-order valence-electron chi connectivity index (χ1n) is 6.34. The van der Waals surface area contributed by atoms with Crippen molar-refractivity contribution in [2.75, 3.05) is 20.8 Å². The van der Waals surface area contributed by atoms with E-state index in [1.54, 1.807) is 0 Å². The third-order valence-electron chi connectivity index (χ3n) is 3.07. The van der Waals surface area contributed by atoms with Gasteiger partial charge in [-0.25, -0.2) is 4.98 Å². The minimum Gasteiger partial charge on any atom is -0.480 e. The molecule has 6 heteroatoms. The Kier molecular flexibility index (Phi) is 4.68. The van der Waals surface area contributed by atoms with E-state index in [1.165, 1.54) is 20.4 Å².